The minimum absolute atomic E-state index is 0.189. The van der Waals surface area contributed by atoms with Crippen LogP contribution in [0.4, 0.5) is 0 Å². The molecule has 5 rings (SSSR count). The first-order chi connectivity index (χ1) is 15.7. The number of aliphatic hydroxyl groups is 2. The van der Waals surface area contributed by atoms with E-state index < -0.39 is 5.76 Å². The molecule has 6 nitrogen and oxygen atoms in total. The average Bonchev–Trinajstić information content (AvgIpc) is 3.36. The van der Waals surface area contributed by atoms with E-state index in [2.05, 4.69) is 42.4 Å². The molecule has 0 aliphatic heterocycles. The van der Waals surface area contributed by atoms with Crippen LogP contribution in [0.5, 0.6) is 0 Å². The summed E-state index contributed by atoms with van der Waals surface area (Å²) in [7, 11) is 0. The molecule has 0 aromatic carbocycles. The van der Waals surface area contributed by atoms with Crippen LogP contribution in [0.25, 0.3) is 0 Å². The van der Waals surface area contributed by atoms with E-state index >= 15 is 0 Å². The van der Waals surface area contributed by atoms with Crippen molar-refractivity contribution in [3.8, 4) is 0 Å². The molecule has 4 fully saturated rings. The van der Waals surface area contributed by atoms with Crippen molar-refractivity contribution < 1.29 is 14.7 Å². The van der Waals surface area contributed by atoms with E-state index in [1.807, 2.05) is 0 Å². The summed E-state index contributed by atoms with van der Waals surface area (Å²) >= 11 is 0. The molecule has 1 heterocycles. The van der Waals surface area contributed by atoms with E-state index in [1.54, 1.807) is 0 Å². The second kappa shape index (κ2) is 8.51. The van der Waals surface area contributed by atoms with Crippen molar-refractivity contribution >= 4 is 0 Å². The largest absolute Gasteiger partial charge is 0.438 e. The molecule has 0 amide bonds. The third-order valence-electron chi connectivity index (χ3n) is 11.5. The molecule has 4 saturated carbocycles. The van der Waals surface area contributed by atoms with E-state index in [1.165, 1.54) is 25.7 Å². The number of rotatable bonds is 5. The van der Waals surface area contributed by atoms with E-state index in [0.29, 0.717) is 47.2 Å². The van der Waals surface area contributed by atoms with Crippen LogP contribution in [0.1, 0.15) is 91.3 Å². The lowest BCUT2D eigenvalue weighted by molar-refractivity contribution is -0.203. The Morgan fingerprint density at radius 1 is 1.09 bits per heavy atom. The van der Waals surface area contributed by atoms with Gasteiger partial charge < -0.3 is 10.2 Å². The van der Waals surface area contributed by atoms with Crippen LogP contribution in [-0.2, 0) is 6.42 Å². The summed E-state index contributed by atoms with van der Waals surface area (Å²) in [5, 5.41) is 26.1. The highest BCUT2D eigenvalue weighted by molar-refractivity contribution is 5.13. The Labute approximate surface area is 197 Å². The first-order valence-corrected chi connectivity index (χ1v) is 13.6. The van der Waals surface area contributed by atoms with Gasteiger partial charge in [0, 0.05) is 6.42 Å². The third-order valence-corrected chi connectivity index (χ3v) is 11.5. The van der Waals surface area contributed by atoms with Gasteiger partial charge in [-0.25, -0.2) is 4.79 Å². The fourth-order valence-corrected chi connectivity index (χ4v) is 9.87. The maximum absolute atomic E-state index is 11.8. The number of aromatic nitrogens is 2. The van der Waals surface area contributed by atoms with Crippen molar-refractivity contribution in [1.29, 1.82) is 0 Å². The van der Waals surface area contributed by atoms with Crippen LogP contribution in [0.3, 0.4) is 0 Å². The fourth-order valence-electron chi connectivity index (χ4n) is 9.87. The fraction of sp³-hybridized carbons (Fsp3) is 0.926. The highest BCUT2D eigenvalue weighted by Crippen LogP contribution is 2.69. The zero-order valence-corrected chi connectivity index (χ0v) is 20.9. The summed E-state index contributed by atoms with van der Waals surface area (Å²) in [6, 6.07) is 0. The molecule has 0 radical (unpaired) electrons. The summed E-state index contributed by atoms with van der Waals surface area (Å²) in [5.41, 5.74) is 0.530. The summed E-state index contributed by atoms with van der Waals surface area (Å²) in [6.45, 7) is 9.64. The lowest BCUT2D eigenvalue weighted by Crippen LogP contribution is -2.62. The molecule has 4 aliphatic rings. The molecule has 4 unspecified atom stereocenters. The number of fused-ring (bicyclic) bond motifs is 5. The van der Waals surface area contributed by atoms with Crippen LogP contribution in [0.2, 0.25) is 0 Å². The third kappa shape index (κ3) is 3.65. The minimum Gasteiger partial charge on any atom is -0.393 e. The van der Waals surface area contributed by atoms with E-state index in [0.717, 1.165) is 38.5 Å². The zero-order chi connectivity index (χ0) is 23.5. The van der Waals surface area contributed by atoms with E-state index in [4.69, 9.17) is 0 Å². The molecule has 0 bridgehead atoms. The quantitative estimate of drug-likeness (QED) is 0.598. The number of aliphatic hydroxyl groups excluding tert-OH is 2. The van der Waals surface area contributed by atoms with Crippen LogP contribution in [-0.4, -0.2) is 32.6 Å². The highest BCUT2D eigenvalue weighted by atomic mass is 16.5. The minimum atomic E-state index is -0.470. The molecule has 11 atom stereocenters. The van der Waals surface area contributed by atoms with Crippen molar-refractivity contribution in [2.75, 3.05) is 0 Å². The number of aryl methyl sites for hydroxylation is 1. The zero-order valence-electron chi connectivity index (χ0n) is 20.9. The molecule has 186 valence electrons. The Kier molecular flexibility index (Phi) is 6.09. The lowest BCUT2D eigenvalue weighted by atomic mass is 9.41. The van der Waals surface area contributed by atoms with Gasteiger partial charge in [-0.3, -0.25) is 9.51 Å². The number of nitrogens with one attached hydrogen (secondary N) is 1. The Morgan fingerprint density at radius 3 is 2.52 bits per heavy atom. The molecule has 4 aliphatic carbocycles. The average molecular weight is 461 g/mol. The Balaban J connectivity index is 1.37. The van der Waals surface area contributed by atoms with Gasteiger partial charge in [-0.2, -0.15) is 0 Å². The molecule has 1 aromatic heterocycles. The number of nitrogens with zero attached hydrogens (tertiary/aromatic N) is 1. The van der Waals surface area contributed by atoms with Crippen molar-refractivity contribution in [2.45, 2.75) is 104 Å². The van der Waals surface area contributed by atoms with E-state index in [9.17, 15) is 15.0 Å². The Bertz CT molecular complexity index is 897. The van der Waals surface area contributed by atoms with Crippen molar-refractivity contribution in [3.63, 3.8) is 0 Å². The maximum atomic E-state index is 11.8. The first kappa shape index (κ1) is 23.6. The van der Waals surface area contributed by atoms with Gasteiger partial charge in [0.05, 0.1) is 12.2 Å². The second-order valence-corrected chi connectivity index (χ2v) is 12.7. The van der Waals surface area contributed by atoms with Crippen molar-refractivity contribution in [3.05, 3.63) is 16.4 Å². The molecular weight excluding hydrogens is 416 g/mol. The predicted octanol–water partition coefficient (Wildman–Crippen LogP) is 4.56. The molecule has 3 N–H and O–H groups in total. The topological polar surface area (TPSA) is 99.4 Å². The van der Waals surface area contributed by atoms with Crippen molar-refractivity contribution in [1.82, 2.24) is 10.1 Å². The van der Waals surface area contributed by atoms with Gasteiger partial charge >= 0.3 is 5.76 Å². The van der Waals surface area contributed by atoms with Gasteiger partial charge in [-0.05, 0) is 104 Å². The molecular formula is C27H44N2O4. The number of aromatic amines is 1. The van der Waals surface area contributed by atoms with Gasteiger partial charge in [-0.15, -0.1) is 0 Å². The number of hydrogen-bond donors (Lipinski definition) is 3. The van der Waals surface area contributed by atoms with Crippen LogP contribution >= 0.6 is 0 Å². The molecule has 1 aromatic rings. The van der Waals surface area contributed by atoms with Crippen molar-refractivity contribution in [2.24, 2.45) is 52.3 Å². The number of H-pyrrole nitrogens is 1. The van der Waals surface area contributed by atoms with Gasteiger partial charge in [0.2, 0.25) is 0 Å². The van der Waals surface area contributed by atoms with Gasteiger partial charge in [0.15, 0.2) is 5.82 Å². The monoisotopic (exact) mass is 460 g/mol. The molecule has 0 spiro atoms. The Morgan fingerprint density at radius 2 is 1.82 bits per heavy atom. The SMILES string of the molecule is CC[C@H]1[C@@H](O)C2C3CCC([C@H](C)CCc4noc(=O)[nH]4)[C@@]3(C)CCC2[C@@]2(C)CC[C@@H](O)C[C@@H]12. The lowest BCUT2D eigenvalue weighted by Gasteiger charge is -2.64. The van der Waals surface area contributed by atoms with Gasteiger partial charge in [-0.1, -0.05) is 39.3 Å². The first-order valence-electron chi connectivity index (χ1n) is 13.6. The summed E-state index contributed by atoms with van der Waals surface area (Å²) < 4.78 is 4.67. The van der Waals surface area contributed by atoms with Crippen LogP contribution in [0.15, 0.2) is 9.32 Å². The second-order valence-electron chi connectivity index (χ2n) is 12.7. The summed E-state index contributed by atoms with van der Waals surface area (Å²) in [5.74, 6) is 3.71. The maximum Gasteiger partial charge on any atom is 0.438 e. The molecule has 33 heavy (non-hydrogen) atoms. The number of hydrogen-bond acceptors (Lipinski definition) is 5. The smallest absolute Gasteiger partial charge is 0.393 e. The van der Waals surface area contributed by atoms with Gasteiger partial charge in [0.1, 0.15) is 0 Å². The normalized spacial score (nSPS) is 48.1. The van der Waals surface area contributed by atoms with Crippen LogP contribution in [0, 0.1) is 52.3 Å². The summed E-state index contributed by atoms with van der Waals surface area (Å²) in [4.78, 5) is 14.0. The van der Waals surface area contributed by atoms with E-state index in [-0.39, 0.29) is 23.0 Å². The Hall–Kier alpha value is -1.14. The molecule has 6 heteroatoms. The standard InChI is InChI=1S/C27H44N2O4/c1-5-17-21-14-16(30)10-12-27(21,4)20-11-13-26(3)18(7-8-19(26)23(20)24(17)31)15(2)6-9-22-28-25(32)33-29-22/h15-21,23-24,30-31H,5-14H2,1-4H3,(H,28,29,32)/t15-,16-,17-,18?,19?,20?,21+,23?,24-,26-,27-/m1/s1. The molecule has 0 saturated heterocycles. The van der Waals surface area contributed by atoms with Gasteiger partial charge in [0.25, 0.3) is 0 Å². The summed E-state index contributed by atoms with van der Waals surface area (Å²) in [6.07, 6.45) is 10.2. The predicted molar refractivity (Wildman–Crippen MR) is 126 cm³/mol. The van der Waals surface area contributed by atoms with Crippen LogP contribution < -0.4 is 5.76 Å². The highest BCUT2D eigenvalue weighted by Gasteiger charge is 2.64.